The molecular weight excluding hydrogens is 338 g/mol. The SMILES string of the molecule is CN(CCO)S(=O)(=O)c1cn(-c2ccccc2)nc1-c1ccccc1. The second kappa shape index (κ2) is 7.18. The first-order chi connectivity index (χ1) is 12.0. The minimum atomic E-state index is -3.78. The number of hydrogen-bond acceptors (Lipinski definition) is 4. The van der Waals surface area contributed by atoms with Gasteiger partial charge in [0.25, 0.3) is 0 Å². The highest BCUT2D eigenvalue weighted by Crippen LogP contribution is 2.29. The van der Waals surface area contributed by atoms with Crippen molar-refractivity contribution in [2.45, 2.75) is 4.90 Å². The maximum absolute atomic E-state index is 12.9. The van der Waals surface area contributed by atoms with Crippen molar-refractivity contribution in [3.63, 3.8) is 0 Å². The van der Waals surface area contributed by atoms with E-state index in [2.05, 4.69) is 5.10 Å². The average molecular weight is 357 g/mol. The molecule has 130 valence electrons. The van der Waals surface area contributed by atoms with Crippen molar-refractivity contribution >= 4 is 10.0 Å². The van der Waals surface area contributed by atoms with E-state index in [1.54, 1.807) is 4.68 Å². The first-order valence-electron chi connectivity index (χ1n) is 7.82. The van der Waals surface area contributed by atoms with Gasteiger partial charge in [-0.15, -0.1) is 0 Å². The van der Waals surface area contributed by atoms with Gasteiger partial charge in [-0.05, 0) is 12.1 Å². The number of aliphatic hydroxyl groups is 1. The smallest absolute Gasteiger partial charge is 0.246 e. The van der Waals surface area contributed by atoms with Crippen LogP contribution in [0.15, 0.2) is 71.8 Å². The molecular formula is C18H19N3O3S. The van der Waals surface area contributed by atoms with Gasteiger partial charge in [-0.1, -0.05) is 48.5 Å². The Kier molecular flexibility index (Phi) is 4.98. The Balaban J connectivity index is 2.18. The molecule has 0 aliphatic heterocycles. The van der Waals surface area contributed by atoms with Gasteiger partial charge in [0, 0.05) is 19.2 Å². The number of sulfonamides is 1. The molecule has 0 atom stereocenters. The summed E-state index contributed by atoms with van der Waals surface area (Å²) in [5, 5.41) is 13.6. The van der Waals surface area contributed by atoms with Gasteiger partial charge < -0.3 is 5.11 Å². The Morgan fingerprint density at radius 2 is 1.64 bits per heavy atom. The van der Waals surface area contributed by atoms with Crippen LogP contribution in [0.3, 0.4) is 0 Å². The van der Waals surface area contributed by atoms with Crippen molar-refractivity contribution in [1.29, 1.82) is 0 Å². The lowest BCUT2D eigenvalue weighted by molar-refractivity contribution is 0.266. The normalized spacial score (nSPS) is 11.8. The summed E-state index contributed by atoms with van der Waals surface area (Å²) in [6, 6.07) is 18.5. The third kappa shape index (κ3) is 3.48. The predicted octanol–water partition coefficient (Wildman–Crippen LogP) is 2.15. The zero-order valence-corrected chi connectivity index (χ0v) is 14.6. The number of aromatic nitrogens is 2. The third-order valence-corrected chi connectivity index (χ3v) is 5.71. The van der Waals surface area contributed by atoms with Crippen molar-refractivity contribution in [1.82, 2.24) is 14.1 Å². The van der Waals surface area contributed by atoms with Crippen LogP contribution in [0.5, 0.6) is 0 Å². The maximum Gasteiger partial charge on any atom is 0.246 e. The molecule has 25 heavy (non-hydrogen) atoms. The summed E-state index contributed by atoms with van der Waals surface area (Å²) in [5.74, 6) is 0. The highest BCUT2D eigenvalue weighted by atomic mass is 32.2. The highest BCUT2D eigenvalue weighted by Gasteiger charge is 2.27. The molecule has 0 bridgehead atoms. The van der Waals surface area contributed by atoms with Crippen LogP contribution in [0.1, 0.15) is 0 Å². The fourth-order valence-electron chi connectivity index (χ4n) is 2.48. The number of benzene rings is 2. The van der Waals surface area contributed by atoms with Gasteiger partial charge in [0.15, 0.2) is 0 Å². The molecule has 3 aromatic rings. The Hall–Kier alpha value is -2.48. The largest absolute Gasteiger partial charge is 0.395 e. The van der Waals surface area contributed by atoms with Crippen LogP contribution in [0.4, 0.5) is 0 Å². The van der Waals surface area contributed by atoms with E-state index >= 15 is 0 Å². The molecule has 2 aromatic carbocycles. The molecule has 0 radical (unpaired) electrons. The molecule has 0 amide bonds. The minimum absolute atomic E-state index is 0.0209. The van der Waals surface area contributed by atoms with Crippen LogP contribution in [0.25, 0.3) is 16.9 Å². The third-order valence-electron chi connectivity index (χ3n) is 3.85. The van der Waals surface area contributed by atoms with Crippen molar-refractivity contribution in [3.8, 4) is 16.9 Å². The summed E-state index contributed by atoms with van der Waals surface area (Å²) in [4.78, 5) is 0.110. The lowest BCUT2D eigenvalue weighted by Crippen LogP contribution is -2.29. The first-order valence-corrected chi connectivity index (χ1v) is 9.26. The number of likely N-dealkylation sites (N-methyl/N-ethyl adjacent to an activating group) is 1. The molecule has 1 aromatic heterocycles. The fraction of sp³-hybridized carbons (Fsp3) is 0.167. The van der Waals surface area contributed by atoms with Crippen LogP contribution in [0.2, 0.25) is 0 Å². The van der Waals surface area contributed by atoms with E-state index in [-0.39, 0.29) is 18.0 Å². The Morgan fingerprint density at radius 1 is 1.04 bits per heavy atom. The Bertz CT molecular complexity index is 938. The van der Waals surface area contributed by atoms with Gasteiger partial charge in [0.05, 0.1) is 18.5 Å². The van der Waals surface area contributed by atoms with Crippen molar-refractivity contribution in [2.24, 2.45) is 0 Å². The summed E-state index contributed by atoms with van der Waals surface area (Å²) in [7, 11) is -2.33. The van der Waals surface area contributed by atoms with E-state index in [0.717, 1.165) is 9.99 Å². The van der Waals surface area contributed by atoms with Crippen LogP contribution >= 0.6 is 0 Å². The molecule has 0 aliphatic carbocycles. The molecule has 1 heterocycles. The van der Waals surface area contributed by atoms with Gasteiger partial charge in [-0.25, -0.2) is 13.1 Å². The second-order valence-corrected chi connectivity index (χ2v) is 7.55. The predicted molar refractivity (Wildman–Crippen MR) is 95.9 cm³/mol. The lowest BCUT2D eigenvalue weighted by Gasteiger charge is -2.15. The zero-order chi connectivity index (χ0) is 17.9. The minimum Gasteiger partial charge on any atom is -0.395 e. The van der Waals surface area contributed by atoms with Crippen molar-refractivity contribution in [3.05, 3.63) is 66.9 Å². The highest BCUT2D eigenvalue weighted by molar-refractivity contribution is 7.89. The van der Waals surface area contributed by atoms with E-state index in [9.17, 15) is 8.42 Å². The number of nitrogens with zero attached hydrogens (tertiary/aromatic N) is 3. The lowest BCUT2D eigenvalue weighted by atomic mass is 10.2. The zero-order valence-electron chi connectivity index (χ0n) is 13.8. The van der Waals surface area contributed by atoms with E-state index < -0.39 is 10.0 Å². The number of rotatable bonds is 6. The van der Waals surface area contributed by atoms with Gasteiger partial charge >= 0.3 is 0 Å². The molecule has 0 aliphatic rings. The van der Waals surface area contributed by atoms with E-state index in [4.69, 9.17) is 5.11 Å². The first kappa shape index (κ1) is 17.3. The summed E-state index contributed by atoms with van der Waals surface area (Å²) >= 11 is 0. The Morgan fingerprint density at radius 3 is 2.24 bits per heavy atom. The van der Waals surface area contributed by atoms with Gasteiger partial charge in [-0.3, -0.25) is 0 Å². The summed E-state index contributed by atoms with van der Waals surface area (Å²) in [5.41, 5.74) is 1.87. The van der Waals surface area contributed by atoms with Crippen molar-refractivity contribution in [2.75, 3.05) is 20.2 Å². The van der Waals surface area contributed by atoms with Gasteiger partial charge in [-0.2, -0.15) is 9.40 Å². The molecule has 0 spiro atoms. The number of hydrogen-bond donors (Lipinski definition) is 1. The van der Waals surface area contributed by atoms with Crippen molar-refractivity contribution < 1.29 is 13.5 Å². The van der Waals surface area contributed by atoms with E-state index in [1.807, 2.05) is 60.7 Å². The molecule has 6 nitrogen and oxygen atoms in total. The van der Waals surface area contributed by atoms with E-state index in [1.165, 1.54) is 13.2 Å². The number of para-hydroxylation sites is 1. The van der Waals surface area contributed by atoms with Gasteiger partial charge in [0.2, 0.25) is 10.0 Å². The fourth-order valence-corrected chi connectivity index (χ4v) is 3.78. The van der Waals surface area contributed by atoms with E-state index in [0.29, 0.717) is 11.3 Å². The monoisotopic (exact) mass is 357 g/mol. The topological polar surface area (TPSA) is 75.4 Å². The second-order valence-electron chi connectivity index (χ2n) is 5.54. The quantitative estimate of drug-likeness (QED) is 0.733. The maximum atomic E-state index is 12.9. The summed E-state index contributed by atoms with van der Waals surface area (Å²) in [6.07, 6.45) is 1.51. The molecule has 0 saturated carbocycles. The average Bonchev–Trinajstić information content (AvgIpc) is 3.10. The molecule has 0 fully saturated rings. The molecule has 1 N–H and O–H groups in total. The molecule has 0 unspecified atom stereocenters. The molecule has 0 saturated heterocycles. The summed E-state index contributed by atoms with van der Waals surface area (Å²) in [6.45, 7) is -0.226. The number of aliphatic hydroxyl groups excluding tert-OH is 1. The van der Waals surface area contributed by atoms with Crippen LogP contribution in [0, 0.1) is 0 Å². The standard InChI is InChI=1S/C18H19N3O3S/c1-20(12-13-22)25(23,24)17-14-21(16-10-6-3-7-11-16)19-18(17)15-8-4-2-5-9-15/h2-11,14,22H,12-13H2,1H3. The van der Waals surface area contributed by atoms with Crippen LogP contribution < -0.4 is 0 Å². The Labute approximate surface area is 147 Å². The van der Waals surface area contributed by atoms with Gasteiger partial charge in [0.1, 0.15) is 10.6 Å². The van der Waals surface area contributed by atoms with Crippen LogP contribution in [-0.4, -0.2) is 47.8 Å². The van der Waals surface area contributed by atoms with Crippen LogP contribution in [-0.2, 0) is 10.0 Å². The summed E-state index contributed by atoms with van der Waals surface area (Å²) < 4.78 is 28.5. The molecule has 3 rings (SSSR count). The molecule has 7 heteroatoms.